The van der Waals surface area contributed by atoms with E-state index in [0.717, 1.165) is 11.4 Å². The first-order chi connectivity index (χ1) is 9.16. The molecule has 2 aromatic heterocycles. The van der Waals surface area contributed by atoms with Crippen LogP contribution < -0.4 is 5.69 Å². The lowest BCUT2D eigenvalue weighted by Gasteiger charge is -2.19. The van der Waals surface area contributed by atoms with Crippen LogP contribution in [-0.4, -0.2) is 38.2 Å². The Morgan fingerprint density at radius 3 is 2.95 bits per heavy atom. The highest BCUT2D eigenvalue weighted by Crippen LogP contribution is 2.12. The van der Waals surface area contributed by atoms with Gasteiger partial charge in [-0.25, -0.2) is 9.48 Å². The molecular formula is C12H14N4O2S. The van der Waals surface area contributed by atoms with Crippen molar-refractivity contribution in [3.8, 4) is 0 Å². The first kappa shape index (κ1) is 12.2. The van der Waals surface area contributed by atoms with E-state index in [1.165, 1.54) is 16.0 Å². The molecule has 0 aromatic carbocycles. The molecule has 3 rings (SSSR count). The minimum Gasteiger partial charge on any atom is -0.336 e. The SMILES string of the molecule is Cn1nc2n(c1=O)CCN(C(=O)c1ccsc1)CC2. The molecule has 0 fully saturated rings. The Morgan fingerprint density at radius 2 is 2.21 bits per heavy atom. The Morgan fingerprint density at radius 1 is 1.37 bits per heavy atom. The van der Waals surface area contributed by atoms with Gasteiger partial charge in [0, 0.05) is 38.5 Å². The zero-order valence-corrected chi connectivity index (χ0v) is 11.4. The predicted molar refractivity (Wildman–Crippen MR) is 71.4 cm³/mol. The van der Waals surface area contributed by atoms with Crippen molar-refractivity contribution in [1.82, 2.24) is 19.2 Å². The van der Waals surface area contributed by atoms with E-state index in [4.69, 9.17) is 0 Å². The van der Waals surface area contributed by atoms with Gasteiger partial charge in [-0.15, -0.1) is 0 Å². The van der Waals surface area contributed by atoms with E-state index in [-0.39, 0.29) is 11.6 Å². The van der Waals surface area contributed by atoms with Crippen LogP contribution in [0.25, 0.3) is 0 Å². The number of thiophene rings is 1. The summed E-state index contributed by atoms with van der Waals surface area (Å²) in [5.74, 6) is 0.789. The summed E-state index contributed by atoms with van der Waals surface area (Å²) < 4.78 is 3.01. The highest BCUT2D eigenvalue weighted by molar-refractivity contribution is 7.08. The van der Waals surface area contributed by atoms with E-state index in [2.05, 4.69) is 5.10 Å². The number of fused-ring (bicyclic) bond motifs is 1. The first-order valence-corrected chi connectivity index (χ1v) is 7.05. The summed E-state index contributed by atoms with van der Waals surface area (Å²) in [6.07, 6.45) is 0.617. The molecule has 0 saturated carbocycles. The molecular weight excluding hydrogens is 264 g/mol. The number of nitrogens with zero attached hydrogens (tertiary/aromatic N) is 4. The number of amides is 1. The van der Waals surface area contributed by atoms with Gasteiger partial charge in [0.15, 0.2) is 0 Å². The van der Waals surface area contributed by atoms with Crippen molar-refractivity contribution in [2.24, 2.45) is 7.05 Å². The second kappa shape index (κ2) is 4.65. The molecule has 0 saturated heterocycles. The van der Waals surface area contributed by atoms with Crippen molar-refractivity contribution in [2.45, 2.75) is 13.0 Å². The van der Waals surface area contributed by atoms with Crippen molar-refractivity contribution in [3.63, 3.8) is 0 Å². The minimum absolute atomic E-state index is 0.0313. The van der Waals surface area contributed by atoms with Gasteiger partial charge in [-0.05, 0) is 11.4 Å². The smallest absolute Gasteiger partial charge is 0.336 e. The normalized spacial score (nSPS) is 15.1. The molecule has 0 spiro atoms. The average Bonchev–Trinajstić information content (AvgIpc) is 2.96. The Kier molecular flexibility index (Phi) is 2.98. The van der Waals surface area contributed by atoms with Crippen LogP contribution in [0.1, 0.15) is 16.2 Å². The van der Waals surface area contributed by atoms with E-state index < -0.39 is 0 Å². The zero-order chi connectivity index (χ0) is 13.4. The summed E-state index contributed by atoms with van der Waals surface area (Å²) in [5.41, 5.74) is 0.609. The Labute approximate surface area is 113 Å². The number of hydrogen-bond donors (Lipinski definition) is 0. The van der Waals surface area contributed by atoms with Crippen molar-refractivity contribution in [2.75, 3.05) is 13.1 Å². The molecule has 0 unspecified atom stereocenters. The lowest BCUT2D eigenvalue weighted by molar-refractivity contribution is 0.0759. The summed E-state index contributed by atoms with van der Waals surface area (Å²) in [6.45, 7) is 1.66. The topological polar surface area (TPSA) is 60.1 Å². The molecule has 19 heavy (non-hydrogen) atoms. The fourth-order valence-corrected chi connectivity index (χ4v) is 2.93. The monoisotopic (exact) mass is 278 g/mol. The number of rotatable bonds is 1. The van der Waals surface area contributed by atoms with Gasteiger partial charge in [-0.1, -0.05) is 0 Å². The molecule has 3 heterocycles. The average molecular weight is 278 g/mol. The number of carbonyl (C=O) groups excluding carboxylic acids is 1. The van der Waals surface area contributed by atoms with Crippen LogP contribution in [0.4, 0.5) is 0 Å². The summed E-state index contributed by atoms with van der Waals surface area (Å²) in [4.78, 5) is 25.9. The van der Waals surface area contributed by atoms with Gasteiger partial charge in [0.25, 0.3) is 5.91 Å². The second-order valence-corrected chi connectivity index (χ2v) is 5.31. The zero-order valence-electron chi connectivity index (χ0n) is 10.6. The van der Waals surface area contributed by atoms with Gasteiger partial charge in [-0.3, -0.25) is 9.36 Å². The maximum absolute atomic E-state index is 12.3. The largest absolute Gasteiger partial charge is 0.345 e. The molecule has 2 aromatic rings. The van der Waals surface area contributed by atoms with Crippen LogP contribution in [-0.2, 0) is 20.0 Å². The molecule has 100 valence electrons. The van der Waals surface area contributed by atoms with Crippen LogP contribution in [0.2, 0.25) is 0 Å². The number of aromatic nitrogens is 3. The fraction of sp³-hybridized carbons (Fsp3) is 0.417. The fourth-order valence-electron chi connectivity index (χ4n) is 2.30. The highest BCUT2D eigenvalue weighted by atomic mass is 32.1. The van der Waals surface area contributed by atoms with Gasteiger partial charge >= 0.3 is 5.69 Å². The van der Waals surface area contributed by atoms with Gasteiger partial charge in [-0.2, -0.15) is 16.4 Å². The van der Waals surface area contributed by atoms with Crippen LogP contribution in [0.5, 0.6) is 0 Å². The lowest BCUT2D eigenvalue weighted by atomic mass is 10.3. The molecule has 7 heteroatoms. The third kappa shape index (κ3) is 2.10. The number of hydrogen-bond acceptors (Lipinski definition) is 4. The van der Waals surface area contributed by atoms with E-state index in [9.17, 15) is 9.59 Å². The standard InChI is InChI=1S/C12H14N4O2S/c1-14-12(18)16-6-5-15(4-2-10(16)13-14)11(17)9-3-7-19-8-9/h3,7-8H,2,4-6H2,1H3. The summed E-state index contributed by atoms with van der Waals surface area (Å²) in [6, 6.07) is 1.83. The van der Waals surface area contributed by atoms with Crippen molar-refractivity contribution >= 4 is 17.2 Å². The van der Waals surface area contributed by atoms with Crippen molar-refractivity contribution in [1.29, 1.82) is 0 Å². The molecule has 0 atom stereocenters. The van der Waals surface area contributed by atoms with Crippen LogP contribution in [0.3, 0.4) is 0 Å². The van der Waals surface area contributed by atoms with E-state index in [0.29, 0.717) is 26.1 Å². The molecule has 0 N–H and O–H groups in total. The third-order valence-corrected chi connectivity index (χ3v) is 4.02. The Balaban J connectivity index is 1.81. The Hall–Kier alpha value is -1.89. The highest BCUT2D eigenvalue weighted by Gasteiger charge is 2.22. The summed E-state index contributed by atoms with van der Waals surface area (Å²) >= 11 is 1.51. The van der Waals surface area contributed by atoms with Crippen LogP contribution in [0.15, 0.2) is 21.6 Å². The minimum atomic E-state index is -0.111. The van der Waals surface area contributed by atoms with Crippen LogP contribution in [0, 0.1) is 0 Å². The van der Waals surface area contributed by atoms with Crippen molar-refractivity contribution in [3.05, 3.63) is 38.7 Å². The van der Waals surface area contributed by atoms with E-state index in [1.807, 2.05) is 16.8 Å². The predicted octanol–water partition coefficient (Wildman–Crippen LogP) is 0.342. The molecule has 1 aliphatic heterocycles. The maximum Gasteiger partial charge on any atom is 0.345 e. The van der Waals surface area contributed by atoms with Crippen LogP contribution >= 0.6 is 11.3 Å². The molecule has 0 bridgehead atoms. The van der Waals surface area contributed by atoms with E-state index in [1.54, 1.807) is 16.5 Å². The molecule has 1 amide bonds. The van der Waals surface area contributed by atoms with Gasteiger partial charge in [0.2, 0.25) is 0 Å². The summed E-state index contributed by atoms with van der Waals surface area (Å²) in [5, 5.41) is 7.95. The molecule has 6 nitrogen and oxygen atoms in total. The van der Waals surface area contributed by atoms with Gasteiger partial charge in [0.05, 0.1) is 5.56 Å². The summed E-state index contributed by atoms with van der Waals surface area (Å²) in [7, 11) is 1.65. The van der Waals surface area contributed by atoms with Gasteiger partial charge < -0.3 is 4.90 Å². The number of carbonyl (C=O) groups is 1. The number of aryl methyl sites for hydroxylation is 1. The first-order valence-electron chi connectivity index (χ1n) is 6.11. The molecule has 0 radical (unpaired) electrons. The second-order valence-electron chi connectivity index (χ2n) is 4.53. The third-order valence-electron chi connectivity index (χ3n) is 3.34. The molecule has 1 aliphatic rings. The van der Waals surface area contributed by atoms with Gasteiger partial charge in [0.1, 0.15) is 5.82 Å². The lowest BCUT2D eigenvalue weighted by Crippen LogP contribution is -2.34. The quantitative estimate of drug-likeness (QED) is 0.756. The maximum atomic E-state index is 12.3. The molecule has 0 aliphatic carbocycles. The van der Waals surface area contributed by atoms with E-state index >= 15 is 0 Å². The Bertz CT molecular complexity index is 656. The van der Waals surface area contributed by atoms with Crippen molar-refractivity contribution < 1.29 is 4.79 Å².